The largest absolute Gasteiger partial charge is 0.395 e. The van der Waals surface area contributed by atoms with Crippen molar-refractivity contribution in [2.24, 2.45) is 11.1 Å². The summed E-state index contributed by atoms with van der Waals surface area (Å²) in [5, 5.41) is 3.89. The van der Waals surface area contributed by atoms with Crippen molar-refractivity contribution in [3.8, 4) is 0 Å². The minimum atomic E-state index is 0.362. The fourth-order valence-corrected chi connectivity index (χ4v) is 1.53. The van der Waals surface area contributed by atoms with E-state index in [2.05, 4.69) is 12.1 Å². The van der Waals surface area contributed by atoms with Gasteiger partial charge in [-0.2, -0.15) is 0 Å². The second-order valence-corrected chi connectivity index (χ2v) is 2.74. The van der Waals surface area contributed by atoms with Gasteiger partial charge in [-0.1, -0.05) is 12.1 Å². The third-order valence-electron chi connectivity index (χ3n) is 2.16. The molecule has 2 aliphatic heterocycles. The summed E-state index contributed by atoms with van der Waals surface area (Å²) in [6, 6.07) is 0. The van der Waals surface area contributed by atoms with Gasteiger partial charge in [0, 0.05) is 0 Å². The van der Waals surface area contributed by atoms with Gasteiger partial charge >= 0.3 is 0 Å². The molecule has 2 heterocycles. The van der Waals surface area contributed by atoms with Crippen molar-refractivity contribution in [3.63, 3.8) is 0 Å². The van der Waals surface area contributed by atoms with Crippen molar-refractivity contribution < 1.29 is 9.57 Å². The summed E-state index contributed by atoms with van der Waals surface area (Å²) in [7, 11) is 0. The Bertz CT molecular complexity index is 167. The Balaban J connectivity index is 2.11. The molecule has 2 unspecified atom stereocenters. The Morgan fingerprint density at radius 3 is 3.40 bits per heavy atom. The number of ether oxygens (including phenoxy) is 1. The van der Waals surface area contributed by atoms with Crippen LogP contribution in [0.4, 0.5) is 0 Å². The molecule has 0 N–H and O–H groups in total. The fourth-order valence-electron chi connectivity index (χ4n) is 1.53. The molecule has 3 nitrogen and oxygen atoms in total. The molecule has 0 aromatic carbocycles. The van der Waals surface area contributed by atoms with E-state index in [9.17, 15) is 0 Å². The first-order valence-corrected chi connectivity index (χ1v) is 3.72. The lowest BCUT2D eigenvalue weighted by Gasteiger charge is -2.09. The van der Waals surface area contributed by atoms with Crippen LogP contribution in [0.25, 0.3) is 0 Å². The third kappa shape index (κ3) is 0.736. The summed E-state index contributed by atoms with van der Waals surface area (Å²) in [6.07, 6.45) is 1.42. The van der Waals surface area contributed by atoms with Gasteiger partial charge in [-0.15, -0.1) is 0 Å². The number of hydrogen-bond acceptors (Lipinski definition) is 3. The van der Waals surface area contributed by atoms with Crippen molar-refractivity contribution >= 4 is 5.71 Å². The standard InChI is InChI=1S/C7H11NO2/c1-2-7-5-3-10-8-6(5)4-9-7/h5,7H,2-4H2,1H3. The van der Waals surface area contributed by atoms with E-state index in [4.69, 9.17) is 9.57 Å². The average Bonchev–Trinajstić information content (AvgIpc) is 2.44. The van der Waals surface area contributed by atoms with Gasteiger partial charge in [-0.05, 0) is 6.42 Å². The second-order valence-electron chi connectivity index (χ2n) is 2.74. The van der Waals surface area contributed by atoms with Gasteiger partial charge in [-0.3, -0.25) is 0 Å². The molecule has 0 aliphatic carbocycles. The first-order valence-electron chi connectivity index (χ1n) is 3.72. The van der Waals surface area contributed by atoms with Gasteiger partial charge in [0.2, 0.25) is 0 Å². The first-order chi connectivity index (χ1) is 4.92. The van der Waals surface area contributed by atoms with Crippen LogP contribution in [0.1, 0.15) is 13.3 Å². The fraction of sp³-hybridized carbons (Fsp3) is 0.857. The highest BCUT2D eigenvalue weighted by molar-refractivity contribution is 5.90. The molecule has 10 heavy (non-hydrogen) atoms. The lowest BCUT2D eigenvalue weighted by molar-refractivity contribution is 0.0495. The van der Waals surface area contributed by atoms with Crippen LogP contribution in [0.2, 0.25) is 0 Å². The average molecular weight is 141 g/mol. The maximum Gasteiger partial charge on any atom is 0.127 e. The Morgan fingerprint density at radius 1 is 1.70 bits per heavy atom. The zero-order valence-electron chi connectivity index (χ0n) is 6.04. The Kier molecular flexibility index (Phi) is 1.38. The molecule has 1 saturated heterocycles. The van der Waals surface area contributed by atoms with Crippen LogP contribution in [0, 0.1) is 5.92 Å². The molecule has 2 aliphatic rings. The monoisotopic (exact) mass is 141 g/mol. The minimum Gasteiger partial charge on any atom is -0.395 e. The molecule has 3 heteroatoms. The number of rotatable bonds is 1. The van der Waals surface area contributed by atoms with Crippen LogP contribution >= 0.6 is 0 Å². The molecule has 0 aromatic rings. The summed E-state index contributed by atoms with van der Waals surface area (Å²) in [4.78, 5) is 4.95. The molecule has 0 spiro atoms. The summed E-state index contributed by atoms with van der Waals surface area (Å²) in [5.41, 5.74) is 1.10. The smallest absolute Gasteiger partial charge is 0.127 e. The Hall–Kier alpha value is -0.570. The van der Waals surface area contributed by atoms with Crippen LogP contribution in [0.5, 0.6) is 0 Å². The van der Waals surface area contributed by atoms with Gasteiger partial charge < -0.3 is 9.57 Å². The third-order valence-corrected chi connectivity index (χ3v) is 2.16. The van der Waals surface area contributed by atoms with E-state index < -0.39 is 0 Å². The Morgan fingerprint density at radius 2 is 2.60 bits per heavy atom. The molecule has 0 saturated carbocycles. The maximum atomic E-state index is 5.46. The number of hydrogen-bond donors (Lipinski definition) is 0. The molecule has 2 atom stereocenters. The van der Waals surface area contributed by atoms with Crippen molar-refractivity contribution in [1.82, 2.24) is 0 Å². The van der Waals surface area contributed by atoms with E-state index in [0.29, 0.717) is 18.6 Å². The van der Waals surface area contributed by atoms with E-state index in [0.717, 1.165) is 18.7 Å². The van der Waals surface area contributed by atoms with Gasteiger partial charge in [0.15, 0.2) is 0 Å². The summed E-state index contributed by atoms with van der Waals surface area (Å²) >= 11 is 0. The van der Waals surface area contributed by atoms with E-state index in [1.807, 2.05) is 0 Å². The normalized spacial score (nSPS) is 37.1. The molecular formula is C7H11NO2. The van der Waals surface area contributed by atoms with Crippen molar-refractivity contribution in [3.05, 3.63) is 0 Å². The van der Waals surface area contributed by atoms with Gasteiger partial charge in [0.25, 0.3) is 0 Å². The highest BCUT2D eigenvalue weighted by atomic mass is 16.6. The van der Waals surface area contributed by atoms with E-state index in [1.165, 1.54) is 0 Å². The lowest BCUT2D eigenvalue weighted by atomic mass is 10.00. The zero-order chi connectivity index (χ0) is 6.97. The van der Waals surface area contributed by atoms with Crippen LogP contribution in [0.15, 0.2) is 5.16 Å². The maximum absolute atomic E-state index is 5.46. The Labute approximate surface area is 60.0 Å². The molecule has 56 valence electrons. The number of nitrogens with zero attached hydrogens (tertiary/aromatic N) is 1. The van der Waals surface area contributed by atoms with Crippen molar-refractivity contribution in [1.29, 1.82) is 0 Å². The summed E-state index contributed by atoms with van der Waals surface area (Å²) in [6.45, 7) is 3.54. The topological polar surface area (TPSA) is 30.8 Å². The molecule has 0 amide bonds. The zero-order valence-corrected chi connectivity index (χ0v) is 6.04. The minimum absolute atomic E-state index is 0.362. The van der Waals surface area contributed by atoms with Crippen LogP contribution in [0.3, 0.4) is 0 Å². The molecule has 0 bridgehead atoms. The molecular weight excluding hydrogens is 130 g/mol. The SMILES string of the molecule is CCC1OCC2=NOCC21. The van der Waals surface area contributed by atoms with E-state index in [-0.39, 0.29) is 0 Å². The molecule has 2 rings (SSSR count). The van der Waals surface area contributed by atoms with E-state index >= 15 is 0 Å². The van der Waals surface area contributed by atoms with Gasteiger partial charge in [-0.25, -0.2) is 0 Å². The van der Waals surface area contributed by atoms with E-state index in [1.54, 1.807) is 0 Å². The lowest BCUT2D eigenvalue weighted by Crippen LogP contribution is -2.19. The number of fused-ring (bicyclic) bond motifs is 1. The summed E-state index contributed by atoms with van der Waals surface area (Å²) < 4.78 is 5.46. The van der Waals surface area contributed by atoms with Crippen molar-refractivity contribution in [2.45, 2.75) is 19.4 Å². The predicted octanol–water partition coefficient (Wildman–Crippen LogP) is 0.798. The highest BCUT2D eigenvalue weighted by Gasteiger charge is 2.37. The quantitative estimate of drug-likeness (QED) is 0.540. The molecule has 0 aromatic heterocycles. The van der Waals surface area contributed by atoms with Crippen LogP contribution in [-0.2, 0) is 9.57 Å². The summed E-state index contributed by atoms with van der Waals surface area (Å²) in [5.74, 6) is 0.463. The highest BCUT2D eigenvalue weighted by Crippen LogP contribution is 2.25. The van der Waals surface area contributed by atoms with Crippen LogP contribution in [-0.4, -0.2) is 25.0 Å². The van der Waals surface area contributed by atoms with Gasteiger partial charge in [0.05, 0.1) is 24.3 Å². The predicted molar refractivity (Wildman–Crippen MR) is 36.9 cm³/mol. The van der Waals surface area contributed by atoms with Crippen molar-refractivity contribution in [2.75, 3.05) is 13.2 Å². The van der Waals surface area contributed by atoms with Crippen LogP contribution < -0.4 is 0 Å². The number of oxime groups is 1. The molecule has 1 fully saturated rings. The second kappa shape index (κ2) is 2.23. The first kappa shape index (κ1) is 6.16. The van der Waals surface area contributed by atoms with Gasteiger partial charge in [0.1, 0.15) is 6.61 Å². The molecule has 0 radical (unpaired) electrons.